The molecular formula is C18H20ClN5O4. The molecule has 28 heavy (non-hydrogen) atoms. The van der Waals surface area contributed by atoms with Crippen molar-refractivity contribution in [2.24, 2.45) is 0 Å². The molecule has 3 aromatic rings. The van der Waals surface area contributed by atoms with Gasteiger partial charge in [0.25, 0.3) is 0 Å². The minimum absolute atomic E-state index is 0.133. The molecule has 0 aliphatic carbocycles. The Kier molecular flexibility index (Phi) is 5.17. The van der Waals surface area contributed by atoms with Gasteiger partial charge >= 0.3 is 0 Å². The standard InChI is InChI=1S/C18H20ClN5O4/c1-9(10-4-2-3-5-11(10)19)23-16-13-17(21-7-20-16)24(8-22-13)18-15(27)14(26)12(6-25)28-18/h2-5,7-9,12,14-15,18,25-27H,6H2,1H3,(H,20,21,23)/t9?,12-,14-,15-,18-/m1/s1. The minimum atomic E-state index is -1.22. The lowest BCUT2D eigenvalue weighted by atomic mass is 10.1. The molecule has 1 aromatic carbocycles. The van der Waals surface area contributed by atoms with Crippen LogP contribution in [0.4, 0.5) is 5.82 Å². The van der Waals surface area contributed by atoms with Crippen LogP contribution in [0.15, 0.2) is 36.9 Å². The van der Waals surface area contributed by atoms with Gasteiger partial charge in [-0.2, -0.15) is 0 Å². The predicted octanol–water partition coefficient (Wildman–Crippen LogP) is 1.26. The number of fused-ring (bicyclic) bond motifs is 1. The smallest absolute Gasteiger partial charge is 0.167 e. The quantitative estimate of drug-likeness (QED) is 0.500. The molecule has 1 fully saturated rings. The highest BCUT2D eigenvalue weighted by molar-refractivity contribution is 6.31. The average molecular weight is 406 g/mol. The van der Waals surface area contributed by atoms with E-state index in [0.29, 0.717) is 22.0 Å². The van der Waals surface area contributed by atoms with E-state index in [-0.39, 0.29) is 6.04 Å². The molecule has 0 radical (unpaired) electrons. The number of aromatic nitrogens is 4. The number of rotatable bonds is 5. The Hall–Kier alpha value is -2.30. The maximum absolute atomic E-state index is 10.3. The number of halogens is 1. The molecule has 1 unspecified atom stereocenters. The van der Waals surface area contributed by atoms with E-state index in [0.717, 1.165) is 5.56 Å². The highest BCUT2D eigenvalue weighted by atomic mass is 35.5. The van der Waals surface area contributed by atoms with Crippen LogP contribution in [-0.4, -0.2) is 59.8 Å². The third kappa shape index (κ3) is 3.21. The van der Waals surface area contributed by atoms with Crippen LogP contribution in [0.2, 0.25) is 5.02 Å². The number of hydrogen-bond donors (Lipinski definition) is 4. The number of imidazole rings is 1. The molecule has 9 nitrogen and oxygen atoms in total. The van der Waals surface area contributed by atoms with Crippen molar-refractivity contribution in [1.82, 2.24) is 19.5 Å². The summed E-state index contributed by atoms with van der Waals surface area (Å²) in [6, 6.07) is 7.39. The topological polar surface area (TPSA) is 126 Å². The fraction of sp³-hybridized carbons (Fsp3) is 0.389. The number of ether oxygens (including phenoxy) is 1. The Balaban J connectivity index is 1.65. The van der Waals surface area contributed by atoms with Crippen molar-refractivity contribution in [2.45, 2.75) is 37.5 Å². The van der Waals surface area contributed by atoms with Crippen LogP contribution < -0.4 is 5.32 Å². The molecule has 0 bridgehead atoms. The highest BCUT2D eigenvalue weighted by Gasteiger charge is 2.44. The van der Waals surface area contributed by atoms with Gasteiger partial charge in [-0.15, -0.1) is 0 Å². The van der Waals surface area contributed by atoms with Crippen LogP contribution in [0.3, 0.4) is 0 Å². The molecule has 2 aromatic heterocycles. The monoisotopic (exact) mass is 405 g/mol. The van der Waals surface area contributed by atoms with Gasteiger partial charge in [-0.05, 0) is 18.6 Å². The van der Waals surface area contributed by atoms with Gasteiger partial charge in [-0.1, -0.05) is 29.8 Å². The number of benzene rings is 1. The third-order valence-corrected chi connectivity index (χ3v) is 5.22. The second kappa shape index (κ2) is 7.61. The number of anilines is 1. The van der Waals surface area contributed by atoms with Gasteiger partial charge in [0.15, 0.2) is 23.2 Å². The van der Waals surface area contributed by atoms with Crippen LogP contribution in [0, 0.1) is 0 Å². The summed E-state index contributed by atoms with van der Waals surface area (Å²) >= 11 is 6.27. The van der Waals surface area contributed by atoms with Gasteiger partial charge < -0.3 is 25.4 Å². The van der Waals surface area contributed by atoms with E-state index in [1.807, 2.05) is 31.2 Å². The lowest BCUT2D eigenvalue weighted by Gasteiger charge is -2.18. The molecule has 1 aliphatic rings. The Labute approximate surface area is 165 Å². The summed E-state index contributed by atoms with van der Waals surface area (Å²) in [5, 5.41) is 33.5. The third-order valence-electron chi connectivity index (χ3n) is 4.88. The zero-order valence-corrected chi connectivity index (χ0v) is 15.7. The summed E-state index contributed by atoms with van der Waals surface area (Å²) in [6.07, 6.45) is -1.37. The number of hydrogen-bond acceptors (Lipinski definition) is 8. The SMILES string of the molecule is CC(Nc1ncnc2c1ncn2[C@@H]1O[C@H](CO)[C@@H](O)[C@H]1O)c1ccccc1Cl. The van der Waals surface area contributed by atoms with Crippen LogP contribution in [-0.2, 0) is 4.74 Å². The maximum atomic E-state index is 10.3. The van der Waals surface area contributed by atoms with Gasteiger partial charge in [0.05, 0.1) is 19.0 Å². The average Bonchev–Trinajstić information content (AvgIpc) is 3.24. The lowest BCUT2D eigenvalue weighted by Crippen LogP contribution is -2.33. The predicted molar refractivity (Wildman–Crippen MR) is 102 cm³/mol. The van der Waals surface area contributed by atoms with Crippen LogP contribution in [0.1, 0.15) is 24.8 Å². The summed E-state index contributed by atoms with van der Waals surface area (Å²) in [4.78, 5) is 12.9. The van der Waals surface area contributed by atoms with E-state index in [9.17, 15) is 15.3 Å². The molecule has 1 aliphatic heterocycles. The molecule has 5 atom stereocenters. The van der Waals surface area contributed by atoms with E-state index in [4.69, 9.17) is 16.3 Å². The summed E-state index contributed by atoms with van der Waals surface area (Å²) in [5.74, 6) is 0.503. The highest BCUT2D eigenvalue weighted by Crippen LogP contribution is 2.33. The van der Waals surface area contributed by atoms with Gasteiger partial charge in [-0.25, -0.2) is 15.0 Å². The van der Waals surface area contributed by atoms with E-state index in [2.05, 4.69) is 20.3 Å². The molecular weight excluding hydrogens is 386 g/mol. The van der Waals surface area contributed by atoms with Crippen molar-refractivity contribution >= 4 is 28.6 Å². The Bertz CT molecular complexity index is 984. The molecule has 1 saturated heterocycles. The van der Waals surface area contributed by atoms with Crippen molar-refractivity contribution in [3.8, 4) is 0 Å². The normalized spacial score (nSPS) is 25.9. The Morgan fingerprint density at radius 1 is 1.21 bits per heavy atom. The van der Waals surface area contributed by atoms with Gasteiger partial charge in [0.2, 0.25) is 0 Å². The number of aliphatic hydroxyl groups is 3. The van der Waals surface area contributed by atoms with Crippen molar-refractivity contribution < 1.29 is 20.1 Å². The number of nitrogens with zero attached hydrogens (tertiary/aromatic N) is 4. The zero-order chi connectivity index (χ0) is 19.8. The largest absolute Gasteiger partial charge is 0.394 e. The summed E-state index contributed by atoms with van der Waals surface area (Å²) < 4.78 is 7.09. The molecule has 3 heterocycles. The molecule has 4 N–H and O–H groups in total. The second-order valence-corrected chi connectivity index (χ2v) is 7.07. The molecule has 0 amide bonds. The minimum Gasteiger partial charge on any atom is -0.394 e. The zero-order valence-electron chi connectivity index (χ0n) is 15.0. The Morgan fingerprint density at radius 3 is 2.71 bits per heavy atom. The molecule has 0 spiro atoms. The molecule has 4 rings (SSSR count). The summed E-state index contributed by atoms with van der Waals surface area (Å²) in [5.41, 5.74) is 1.83. The van der Waals surface area contributed by atoms with E-state index in [1.54, 1.807) is 0 Å². The fourth-order valence-corrected chi connectivity index (χ4v) is 3.66. The Morgan fingerprint density at radius 2 is 2.00 bits per heavy atom. The first-order chi connectivity index (χ1) is 13.5. The fourth-order valence-electron chi connectivity index (χ4n) is 3.36. The molecule has 10 heteroatoms. The number of nitrogens with one attached hydrogen (secondary N) is 1. The van der Waals surface area contributed by atoms with Gasteiger partial charge in [0, 0.05) is 5.02 Å². The van der Waals surface area contributed by atoms with Crippen molar-refractivity contribution in [3.63, 3.8) is 0 Å². The summed E-state index contributed by atoms with van der Waals surface area (Å²) in [7, 11) is 0. The van der Waals surface area contributed by atoms with E-state index >= 15 is 0 Å². The lowest BCUT2D eigenvalue weighted by molar-refractivity contribution is -0.0511. The van der Waals surface area contributed by atoms with Crippen LogP contribution in [0.5, 0.6) is 0 Å². The molecule has 0 saturated carbocycles. The van der Waals surface area contributed by atoms with E-state index < -0.39 is 31.1 Å². The van der Waals surface area contributed by atoms with Crippen molar-refractivity contribution in [2.75, 3.05) is 11.9 Å². The first-order valence-electron chi connectivity index (χ1n) is 8.82. The second-order valence-electron chi connectivity index (χ2n) is 6.66. The van der Waals surface area contributed by atoms with Crippen molar-refractivity contribution in [1.29, 1.82) is 0 Å². The summed E-state index contributed by atoms with van der Waals surface area (Å²) in [6.45, 7) is 1.55. The van der Waals surface area contributed by atoms with Gasteiger partial charge in [-0.3, -0.25) is 4.57 Å². The van der Waals surface area contributed by atoms with Gasteiger partial charge in [0.1, 0.15) is 24.6 Å². The van der Waals surface area contributed by atoms with Crippen LogP contribution in [0.25, 0.3) is 11.2 Å². The first-order valence-corrected chi connectivity index (χ1v) is 9.20. The van der Waals surface area contributed by atoms with E-state index in [1.165, 1.54) is 17.2 Å². The van der Waals surface area contributed by atoms with Crippen molar-refractivity contribution in [3.05, 3.63) is 47.5 Å². The first kappa shape index (κ1) is 19.0. The van der Waals surface area contributed by atoms with Crippen LogP contribution >= 0.6 is 11.6 Å². The number of aliphatic hydroxyl groups excluding tert-OH is 3. The molecule has 148 valence electrons. The maximum Gasteiger partial charge on any atom is 0.167 e.